The van der Waals surface area contributed by atoms with E-state index in [4.69, 9.17) is 11.6 Å². The minimum Gasteiger partial charge on any atom is -0.358 e. The highest BCUT2D eigenvalue weighted by atomic mass is 35.5. The van der Waals surface area contributed by atoms with E-state index in [1.165, 1.54) is 24.4 Å². The zero-order valence-corrected chi connectivity index (χ0v) is 23.8. The zero-order chi connectivity index (χ0) is 28.6. The van der Waals surface area contributed by atoms with Gasteiger partial charge in [-0.2, -0.15) is 0 Å². The van der Waals surface area contributed by atoms with Gasteiger partial charge in [-0.25, -0.2) is 14.4 Å². The van der Waals surface area contributed by atoms with E-state index in [9.17, 15) is 14.0 Å². The Morgan fingerprint density at radius 3 is 2.80 bits per heavy atom. The fourth-order valence-electron chi connectivity index (χ4n) is 4.83. The number of likely N-dealkylation sites (tertiary alicyclic amines) is 1. The van der Waals surface area contributed by atoms with Crippen LogP contribution in [-0.4, -0.2) is 64.4 Å². The minimum absolute atomic E-state index is 0.0431. The van der Waals surface area contributed by atoms with E-state index in [-0.39, 0.29) is 35.2 Å². The van der Waals surface area contributed by atoms with Crippen molar-refractivity contribution in [2.75, 3.05) is 32.0 Å². The molecule has 1 aliphatic rings. The number of pyridine rings is 1. The molecule has 9 nitrogen and oxygen atoms in total. The third kappa shape index (κ3) is 7.11. The summed E-state index contributed by atoms with van der Waals surface area (Å²) in [7, 11) is 1.66. The topological polar surface area (TPSA) is 112 Å². The smallest absolute Gasteiger partial charge is 0.254 e. The number of amides is 2. The van der Waals surface area contributed by atoms with Crippen molar-refractivity contribution in [2.45, 2.75) is 51.5 Å². The van der Waals surface area contributed by atoms with Gasteiger partial charge in [-0.15, -0.1) is 0 Å². The largest absolute Gasteiger partial charge is 0.358 e. The van der Waals surface area contributed by atoms with Crippen molar-refractivity contribution in [3.8, 4) is 11.4 Å². The van der Waals surface area contributed by atoms with Gasteiger partial charge in [-0.05, 0) is 56.0 Å². The average Bonchev–Trinajstić information content (AvgIpc) is 2.96. The Kier molecular flexibility index (Phi) is 10.0. The fraction of sp³-hybridized carbons (Fsp3) is 0.414. The van der Waals surface area contributed by atoms with Crippen LogP contribution < -0.4 is 16.0 Å². The number of halogens is 2. The number of anilines is 2. The second kappa shape index (κ2) is 13.6. The molecule has 11 heteroatoms. The summed E-state index contributed by atoms with van der Waals surface area (Å²) in [5.74, 6) is -0.0132. The molecule has 0 spiro atoms. The van der Waals surface area contributed by atoms with E-state index in [0.717, 1.165) is 37.9 Å². The first-order chi connectivity index (χ1) is 19.3. The van der Waals surface area contributed by atoms with Gasteiger partial charge in [-0.3, -0.25) is 19.5 Å². The predicted octanol–water partition coefficient (Wildman–Crippen LogP) is 4.92. The van der Waals surface area contributed by atoms with E-state index < -0.39 is 5.82 Å². The number of likely N-dealkylation sites (N-methyl/N-ethyl adjacent to an activating group) is 1. The number of rotatable bonds is 10. The van der Waals surface area contributed by atoms with Crippen molar-refractivity contribution in [3.05, 3.63) is 64.8 Å². The maximum absolute atomic E-state index is 14.5. The Hall–Kier alpha value is -3.63. The van der Waals surface area contributed by atoms with Crippen molar-refractivity contribution >= 4 is 34.9 Å². The molecule has 0 saturated carbocycles. The minimum atomic E-state index is -0.483. The Balaban J connectivity index is 1.47. The van der Waals surface area contributed by atoms with Crippen LogP contribution in [0.4, 0.5) is 15.9 Å². The first kappa shape index (κ1) is 29.4. The van der Waals surface area contributed by atoms with Gasteiger partial charge < -0.3 is 16.0 Å². The molecule has 3 N–H and O–H groups in total. The quantitative estimate of drug-likeness (QED) is 0.298. The van der Waals surface area contributed by atoms with Crippen LogP contribution in [0.3, 0.4) is 0 Å². The molecule has 3 heterocycles. The van der Waals surface area contributed by atoms with Crippen molar-refractivity contribution < 1.29 is 14.0 Å². The fourth-order valence-corrected chi connectivity index (χ4v) is 5.00. The summed E-state index contributed by atoms with van der Waals surface area (Å²) >= 11 is 6.09. The Labute approximate surface area is 239 Å². The van der Waals surface area contributed by atoms with Gasteiger partial charge in [0.2, 0.25) is 5.91 Å². The number of carbonyl (C=O) groups excluding carboxylic acids is 2. The SMILES string of the molecule is CNC(=O)[C@@H]1CCCCN1CCCNC(=O)c1cnccc1Nc1nc(-c2cc(Cl)ccc2F)ncc1C(C)C. The summed E-state index contributed by atoms with van der Waals surface area (Å²) in [4.78, 5) is 40.7. The van der Waals surface area contributed by atoms with Crippen LogP contribution in [0, 0.1) is 5.82 Å². The van der Waals surface area contributed by atoms with E-state index in [1.54, 1.807) is 25.5 Å². The Morgan fingerprint density at radius 1 is 1.20 bits per heavy atom. The molecule has 2 amide bonds. The third-order valence-electron chi connectivity index (χ3n) is 7.00. The van der Waals surface area contributed by atoms with Gasteiger partial charge >= 0.3 is 0 Å². The average molecular weight is 568 g/mol. The maximum Gasteiger partial charge on any atom is 0.254 e. The van der Waals surface area contributed by atoms with E-state index in [0.29, 0.717) is 35.1 Å². The number of benzene rings is 1. The van der Waals surface area contributed by atoms with Crippen molar-refractivity contribution in [3.63, 3.8) is 0 Å². The Bertz CT molecular complexity index is 1350. The molecule has 1 atom stereocenters. The normalized spacial score (nSPS) is 15.6. The lowest BCUT2D eigenvalue weighted by Gasteiger charge is -2.34. The summed E-state index contributed by atoms with van der Waals surface area (Å²) in [5.41, 5.74) is 1.86. The molecular formula is C29H35ClFN7O2. The van der Waals surface area contributed by atoms with Crippen molar-refractivity contribution in [1.29, 1.82) is 0 Å². The van der Waals surface area contributed by atoms with Crippen molar-refractivity contribution in [2.24, 2.45) is 0 Å². The molecule has 4 rings (SSSR count). The molecule has 1 aromatic carbocycles. The number of carbonyl (C=O) groups is 2. The van der Waals surface area contributed by atoms with Crippen LogP contribution in [-0.2, 0) is 4.79 Å². The highest BCUT2D eigenvalue weighted by Gasteiger charge is 2.27. The van der Waals surface area contributed by atoms with Gasteiger partial charge in [-0.1, -0.05) is 31.9 Å². The van der Waals surface area contributed by atoms with Crippen molar-refractivity contribution in [1.82, 2.24) is 30.5 Å². The lowest BCUT2D eigenvalue weighted by Crippen LogP contribution is -2.49. The number of hydrogen-bond donors (Lipinski definition) is 3. The van der Waals surface area contributed by atoms with Crippen LogP contribution in [0.15, 0.2) is 42.9 Å². The number of nitrogens with zero attached hydrogens (tertiary/aromatic N) is 4. The van der Waals surface area contributed by atoms with E-state index in [1.807, 2.05) is 13.8 Å². The first-order valence-corrected chi connectivity index (χ1v) is 13.9. The molecule has 1 fully saturated rings. The number of hydrogen-bond acceptors (Lipinski definition) is 7. The molecule has 1 aliphatic heterocycles. The standard InChI is InChI=1S/C29H35ClFN7O2/c1-18(2)21-17-35-26(20-15-19(30)8-9-23(20)31)37-27(21)36-24-10-12-33-16-22(24)28(39)34-11-6-14-38-13-5-4-7-25(38)29(40)32-3/h8-10,12,15-18,25H,4-7,11,13-14H2,1-3H3,(H,32,40)(H,34,39)(H,33,35,36,37)/t25-/m0/s1. The molecule has 1 saturated heterocycles. The van der Waals surface area contributed by atoms with Crippen LogP contribution in [0.2, 0.25) is 5.02 Å². The molecule has 3 aromatic rings. The number of nitrogens with one attached hydrogen (secondary N) is 3. The van der Waals surface area contributed by atoms with Crippen LogP contribution >= 0.6 is 11.6 Å². The third-order valence-corrected chi connectivity index (χ3v) is 7.23. The second-order valence-electron chi connectivity index (χ2n) is 10.1. The van der Waals surface area contributed by atoms with Crippen LogP contribution in [0.25, 0.3) is 11.4 Å². The van der Waals surface area contributed by atoms with Crippen LogP contribution in [0.5, 0.6) is 0 Å². The lowest BCUT2D eigenvalue weighted by molar-refractivity contribution is -0.127. The molecular weight excluding hydrogens is 533 g/mol. The van der Waals surface area contributed by atoms with Gasteiger partial charge in [0.15, 0.2) is 5.82 Å². The summed E-state index contributed by atoms with van der Waals surface area (Å²) in [6, 6.07) is 5.81. The molecule has 0 radical (unpaired) electrons. The molecule has 0 unspecified atom stereocenters. The summed E-state index contributed by atoms with van der Waals surface area (Å²) in [6.45, 7) is 6.05. The summed E-state index contributed by atoms with van der Waals surface area (Å²) in [6.07, 6.45) is 8.41. The highest BCUT2D eigenvalue weighted by molar-refractivity contribution is 6.30. The van der Waals surface area contributed by atoms with Gasteiger partial charge in [0.1, 0.15) is 11.6 Å². The monoisotopic (exact) mass is 567 g/mol. The van der Waals surface area contributed by atoms with Gasteiger partial charge in [0.25, 0.3) is 5.91 Å². The molecule has 40 heavy (non-hydrogen) atoms. The number of aromatic nitrogens is 3. The van der Waals surface area contributed by atoms with Gasteiger partial charge in [0, 0.05) is 49.3 Å². The van der Waals surface area contributed by atoms with E-state index >= 15 is 0 Å². The predicted molar refractivity (Wildman–Crippen MR) is 154 cm³/mol. The first-order valence-electron chi connectivity index (χ1n) is 13.6. The maximum atomic E-state index is 14.5. The van der Waals surface area contributed by atoms with Gasteiger partial charge in [0.05, 0.1) is 22.9 Å². The molecule has 0 bridgehead atoms. The Morgan fingerprint density at radius 2 is 2.02 bits per heavy atom. The lowest BCUT2D eigenvalue weighted by atomic mass is 10.0. The second-order valence-corrected chi connectivity index (χ2v) is 10.5. The molecule has 0 aliphatic carbocycles. The number of piperidine rings is 1. The van der Waals surface area contributed by atoms with Crippen LogP contribution in [0.1, 0.15) is 61.4 Å². The molecule has 2 aromatic heterocycles. The highest BCUT2D eigenvalue weighted by Crippen LogP contribution is 2.30. The molecule has 212 valence electrons. The van der Waals surface area contributed by atoms with E-state index in [2.05, 4.69) is 35.8 Å². The summed E-state index contributed by atoms with van der Waals surface area (Å²) < 4.78 is 14.5. The summed E-state index contributed by atoms with van der Waals surface area (Å²) in [5, 5.41) is 9.35. The zero-order valence-electron chi connectivity index (χ0n) is 23.0.